The molecule has 4 aromatic heterocycles. The summed E-state index contributed by atoms with van der Waals surface area (Å²) < 4.78 is 12.2. The molecular weight excluding hydrogens is 607 g/mol. The predicted octanol–water partition coefficient (Wildman–Crippen LogP) is 8.38. The van der Waals surface area contributed by atoms with Crippen LogP contribution in [0.25, 0.3) is 64.9 Å². The fraction of sp³-hybridized carbons (Fsp3) is 0.0357. The van der Waals surface area contributed by atoms with Gasteiger partial charge in [0.25, 0.3) is 0 Å². The number of benzene rings is 3. The van der Waals surface area contributed by atoms with Crippen LogP contribution < -0.4 is 0 Å². The molecular formula is C28H16IrNO2S-. The van der Waals surface area contributed by atoms with E-state index in [2.05, 4.69) is 60.4 Å². The second kappa shape index (κ2) is 7.67. The van der Waals surface area contributed by atoms with Gasteiger partial charge in [-0.25, -0.2) is 11.3 Å². The number of thiophene rings is 1. The number of pyridine rings is 1. The van der Waals surface area contributed by atoms with E-state index in [4.69, 9.17) is 8.83 Å². The summed E-state index contributed by atoms with van der Waals surface area (Å²) in [5, 5.41) is 4.44. The Kier molecular flexibility index (Phi) is 4.73. The van der Waals surface area contributed by atoms with Gasteiger partial charge in [-0.2, -0.15) is 12.1 Å². The van der Waals surface area contributed by atoms with Crippen molar-refractivity contribution in [1.29, 1.82) is 0 Å². The molecule has 0 aliphatic heterocycles. The van der Waals surface area contributed by atoms with Crippen LogP contribution in [-0.2, 0) is 20.1 Å². The van der Waals surface area contributed by atoms with E-state index in [-0.39, 0.29) is 20.1 Å². The van der Waals surface area contributed by atoms with Crippen molar-refractivity contribution in [3.63, 3.8) is 0 Å². The van der Waals surface area contributed by atoms with Gasteiger partial charge in [-0.15, -0.1) is 0 Å². The van der Waals surface area contributed by atoms with Gasteiger partial charge < -0.3 is 13.8 Å². The van der Waals surface area contributed by atoms with Crippen molar-refractivity contribution >= 4 is 55.2 Å². The maximum atomic E-state index is 6.16. The van der Waals surface area contributed by atoms with Crippen molar-refractivity contribution in [2.75, 3.05) is 0 Å². The minimum absolute atomic E-state index is 0. The second-order valence-corrected chi connectivity index (χ2v) is 9.06. The van der Waals surface area contributed by atoms with Crippen LogP contribution in [-0.4, -0.2) is 4.98 Å². The van der Waals surface area contributed by atoms with E-state index in [1.165, 1.54) is 0 Å². The summed E-state index contributed by atoms with van der Waals surface area (Å²) in [5.41, 5.74) is 6.76. The van der Waals surface area contributed by atoms with Gasteiger partial charge in [0, 0.05) is 53.9 Å². The van der Waals surface area contributed by atoms with Crippen LogP contribution in [0.15, 0.2) is 87.8 Å². The zero-order chi connectivity index (χ0) is 21.2. The molecule has 0 saturated carbocycles. The molecule has 33 heavy (non-hydrogen) atoms. The number of rotatable bonds is 2. The maximum Gasteiger partial charge on any atom is 0.139 e. The number of hydrogen-bond acceptors (Lipinski definition) is 4. The minimum atomic E-state index is 0. The third-order valence-electron chi connectivity index (χ3n) is 6.02. The average molecular weight is 623 g/mol. The SMILES string of the molecule is Cc1cccnc1-c1[c-]cc(-c2ccc3oc4cc5oc6ccccc6c5cc4c3c2)s1.[Ir]. The van der Waals surface area contributed by atoms with Gasteiger partial charge in [0.15, 0.2) is 0 Å². The van der Waals surface area contributed by atoms with Crippen molar-refractivity contribution in [3.05, 3.63) is 90.6 Å². The molecule has 0 aliphatic rings. The molecule has 4 heterocycles. The van der Waals surface area contributed by atoms with Gasteiger partial charge in [-0.05, 0) is 36.9 Å². The number of hydrogen-bond donors (Lipinski definition) is 0. The van der Waals surface area contributed by atoms with E-state index in [1.54, 1.807) is 11.3 Å². The number of aryl methyl sites for hydroxylation is 1. The Morgan fingerprint density at radius 1 is 0.758 bits per heavy atom. The summed E-state index contributed by atoms with van der Waals surface area (Å²) in [7, 11) is 0. The zero-order valence-corrected chi connectivity index (χ0v) is 20.7. The Morgan fingerprint density at radius 2 is 1.52 bits per heavy atom. The normalized spacial score (nSPS) is 11.5. The summed E-state index contributed by atoms with van der Waals surface area (Å²) in [4.78, 5) is 6.76. The van der Waals surface area contributed by atoms with E-state index in [0.717, 1.165) is 70.5 Å². The summed E-state index contributed by atoms with van der Waals surface area (Å²) >= 11 is 1.71. The van der Waals surface area contributed by atoms with E-state index >= 15 is 0 Å². The van der Waals surface area contributed by atoms with Gasteiger partial charge >= 0.3 is 0 Å². The first-order chi connectivity index (χ1) is 15.7. The van der Waals surface area contributed by atoms with Gasteiger partial charge in [-0.3, -0.25) is 0 Å². The fourth-order valence-corrected chi connectivity index (χ4v) is 5.44. The van der Waals surface area contributed by atoms with Crippen molar-refractivity contribution in [3.8, 4) is 21.0 Å². The van der Waals surface area contributed by atoms with Gasteiger partial charge in [-0.1, -0.05) is 57.3 Å². The van der Waals surface area contributed by atoms with Crippen LogP contribution in [0, 0.1) is 13.0 Å². The summed E-state index contributed by atoms with van der Waals surface area (Å²) in [6, 6.07) is 28.2. The van der Waals surface area contributed by atoms with Gasteiger partial charge in [0.1, 0.15) is 22.3 Å². The zero-order valence-electron chi connectivity index (χ0n) is 17.5. The average Bonchev–Trinajstić information content (AvgIpc) is 3.52. The molecule has 0 unspecified atom stereocenters. The van der Waals surface area contributed by atoms with E-state index in [0.29, 0.717) is 0 Å². The number of furan rings is 2. The Labute approximate surface area is 207 Å². The van der Waals surface area contributed by atoms with Crippen LogP contribution in [0.2, 0.25) is 0 Å². The van der Waals surface area contributed by atoms with Crippen molar-refractivity contribution in [2.45, 2.75) is 6.92 Å². The van der Waals surface area contributed by atoms with Crippen LogP contribution in [0.4, 0.5) is 0 Å². The second-order valence-electron chi connectivity index (χ2n) is 8.01. The molecule has 0 amide bonds. The van der Waals surface area contributed by atoms with Crippen molar-refractivity contribution in [1.82, 2.24) is 4.98 Å². The quantitative estimate of drug-likeness (QED) is 0.182. The fourth-order valence-electron chi connectivity index (χ4n) is 4.43. The molecule has 0 saturated heterocycles. The first-order valence-electron chi connectivity index (χ1n) is 10.5. The third-order valence-corrected chi connectivity index (χ3v) is 7.11. The van der Waals surface area contributed by atoms with E-state index in [1.807, 2.05) is 36.5 Å². The molecule has 1 radical (unpaired) electrons. The molecule has 0 aliphatic carbocycles. The molecule has 0 fully saturated rings. The van der Waals surface area contributed by atoms with Crippen LogP contribution in [0.1, 0.15) is 5.56 Å². The summed E-state index contributed by atoms with van der Waals surface area (Å²) in [6.45, 7) is 2.08. The first-order valence-corrected chi connectivity index (χ1v) is 11.3. The van der Waals surface area contributed by atoms with Crippen LogP contribution >= 0.6 is 11.3 Å². The third kappa shape index (κ3) is 3.16. The van der Waals surface area contributed by atoms with E-state index in [9.17, 15) is 0 Å². The molecule has 161 valence electrons. The molecule has 0 N–H and O–H groups in total. The van der Waals surface area contributed by atoms with Gasteiger partial charge in [0.05, 0.1) is 0 Å². The number of para-hydroxylation sites is 1. The van der Waals surface area contributed by atoms with Crippen molar-refractivity contribution < 1.29 is 28.9 Å². The molecule has 5 heteroatoms. The minimum Gasteiger partial charge on any atom is -0.456 e. The largest absolute Gasteiger partial charge is 0.456 e. The van der Waals surface area contributed by atoms with Gasteiger partial charge in [0.2, 0.25) is 0 Å². The molecule has 3 aromatic carbocycles. The van der Waals surface area contributed by atoms with Crippen molar-refractivity contribution in [2.24, 2.45) is 0 Å². The number of nitrogens with zero attached hydrogens (tertiary/aromatic N) is 1. The Hall–Kier alpha value is -3.24. The first kappa shape index (κ1) is 20.4. The monoisotopic (exact) mass is 623 g/mol. The smallest absolute Gasteiger partial charge is 0.139 e. The number of aromatic nitrogens is 1. The van der Waals surface area contributed by atoms with E-state index < -0.39 is 0 Å². The van der Waals surface area contributed by atoms with Crippen LogP contribution in [0.5, 0.6) is 0 Å². The predicted molar refractivity (Wildman–Crippen MR) is 131 cm³/mol. The molecule has 3 nitrogen and oxygen atoms in total. The Bertz CT molecular complexity index is 1810. The Morgan fingerprint density at radius 3 is 2.36 bits per heavy atom. The standard InChI is InChI=1S/C28H16NO2S.Ir/c1-16-5-4-12-29-28(16)27-11-10-26(32-27)17-8-9-23-19(13-17)21-14-20-18-6-2-3-7-22(18)30-24(20)15-25(21)31-23;/h2-10,12-15H,1H3;/q-1;. The molecule has 0 atom stereocenters. The summed E-state index contributed by atoms with van der Waals surface area (Å²) in [5.74, 6) is 0. The molecule has 0 bridgehead atoms. The Balaban J connectivity index is 0.00000206. The molecule has 7 rings (SSSR count). The summed E-state index contributed by atoms with van der Waals surface area (Å²) in [6.07, 6.45) is 1.83. The molecule has 7 aromatic rings. The topological polar surface area (TPSA) is 39.2 Å². The molecule has 0 spiro atoms. The number of fused-ring (bicyclic) bond motifs is 6. The maximum absolute atomic E-state index is 6.16. The van der Waals surface area contributed by atoms with Crippen LogP contribution in [0.3, 0.4) is 0 Å².